The Kier molecular flexibility index (Phi) is 12.5. The third-order valence-electron chi connectivity index (χ3n) is 7.91. The van der Waals surface area contributed by atoms with E-state index in [4.69, 9.17) is 35.3 Å². The lowest BCUT2D eigenvalue weighted by molar-refractivity contribution is -0.254. The van der Waals surface area contributed by atoms with Crippen molar-refractivity contribution < 1.29 is 23.7 Å². The van der Waals surface area contributed by atoms with Crippen molar-refractivity contribution in [3.8, 4) is 0 Å². The van der Waals surface area contributed by atoms with Gasteiger partial charge in [0.25, 0.3) is 0 Å². The van der Waals surface area contributed by atoms with E-state index < -0.39 is 29.9 Å². The molecule has 6 rings (SSSR count). The Morgan fingerprint density at radius 3 is 1.40 bits per heavy atom. The molecule has 7 heteroatoms. The van der Waals surface area contributed by atoms with Gasteiger partial charge in [-0.2, -0.15) is 0 Å². The number of halogens is 1. The van der Waals surface area contributed by atoms with Crippen molar-refractivity contribution in [3.63, 3.8) is 0 Å². The first kappa shape index (κ1) is 33.4. The van der Waals surface area contributed by atoms with E-state index >= 15 is 0 Å². The van der Waals surface area contributed by atoms with Crippen LogP contribution in [0.5, 0.6) is 0 Å². The quantitative estimate of drug-likeness (QED) is 0.111. The molecule has 0 aliphatic carbocycles. The predicted molar refractivity (Wildman–Crippen MR) is 187 cm³/mol. The van der Waals surface area contributed by atoms with Crippen LogP contribution >= 0.6 is 23.4 Å². The van der Waals surface area contributed by atoms with E-state index in [1.54, 1.807) is 11.8 Å². The third kappa shape index (κ3) is 10.0. The summed E-state index contributed by atoms with van der Waals surface area (Å²) in [7, 11) is 0. The Hall–Kier alpha value is -3.46. The Labute approximate surface area is 286 Å². The molecule has 47 heavy (non-hydrogen) atoms. The number of ether oxygens (including phenoxy) is 5. The minimum Gasteiger partial charge on any atom is -0.374 e. The van der Waals surface area contributed by atoms with Gasteiger partial charge in [-0.25, -0.2) is 0 Å². The summed E-state index contributed by atoms with van der Waals surface area (Å²) in [4.78, 5) is 1.02. The molecule has 0 bridgehead atoms. The van der Waals surface area contributed by atoms with Crippen molar-refractivity contribution in [2.75, 3.05) is 6.61 Å². The Bertz CT molecular complexity index is 1590. The standard InChI is InChI=1S/C40H39ClO5S/c41-34-21-23-35(24-22-34)47-40-39(45-28-33-19-11-4-12-20-33)38(44-27-32-17-9-3-10-18-32)37(43-26-31-15-7-2-8-16-31)36(46-40)29-42-25-30-13-5-1-6-14-30/h1-24,36-40H,25-29H2/t36-,37+,38+,39-,40+/m1/s1. The van der Waals surface area contributed by atoms with Crippen LogP contribution in [0, 0.1) is 0 Å². The minimum atomic E-state index is -0.475. The lowest BCUT2D eigenvalue weighted by atomic mass is 9.98. The highest BCUT2D eigenvalue weighted by molar-refractivity contribution is 7.99. The topological polar surface area (TPSA) is 46.2 Å². The van der Waals surface area contributed by atoms with E-state index in [0.717, 1.165) is 27.1 Å². The normalized spacial score (nSPS) is 21.0. The second-order valence-electron chi connectivity index (χ2n) is 11.4. The summed E-state index contributed by atoms with van der Waals surface area (Å²) in [6.45, 7) is 1.99. The van der Waals surface area contributed by atoms with Crippen LogP contribution in [0.1, 0.15) is 22.3 Å². The van der Waals surface area contributed by atoms with Gasteiger partial charge in [0.1, 0.15) is 29.9 Å². The molecular formula is C40H39ClO5S. The molecule has 0 radical (unpaired) electrons. The van der Waals surface area contributed by atoms with Gasteiger partial charge < -0.3 is 23.7 Å². The molecule has 5 aromatic rings. The van der Waals surface area contributed by atoms with Crippen LogP contribution in [0.15, 0.2) is 150 Å². The van der Waals surface area contributed by atoms with E-state index in [-0.39, 0.29) is 0 Å². The fourth-order valence-electron chi connectivity index (χ4n) is 5.49. The molecule has 0 aromatic heterocycles. The van der Waals surface area contributed by atoms with Gasteiger partial charge in [-0.15, -0.1) is 0 Å². The first-order valence-electron chi connectivity index (χ1n) is 15.9. The molecule has 0 N–H and O–H groups in total. The van der Waals surface area contributed by atoms with Crippen molar-refractivity contribution in [1.29, 1.82) is 0 Å². The molecule has 0 unspecified atom stereocenters. The molecule has 5 atom stereocenters. The summed E-state index contributed by atoms with van der Waals surface area (Å²) in [5, 5.41) is 0.682. The smallest absolute Gasteiger partial charge is 0.137 e. The summed E-state index contributed by atoms with van der Waals surface area (Å²) < 4.78 is 33.6. The second-order valence-corrected chi connectivity index (χ2v) is 13.0. The van der Waals surface area contributed by atoms with Gasteiger partial charge in [-0.3, -0.25) is 0 Å². The predicted octanol–water partition coefficient (Wildman–Crippen LogP) is 9.13. The average Bonchev–Trinajstić information content (AvgIpc) is 3.12. The van der Waals surface area contributed by atoms with Crippen LogP contribution < -0.4 is 0 Å². The molecule has 1 heterocycles. The average molecular weight is 667 g/mol. The highest BCUT2D eigenvalue weighted by Gasteiger charge is 2.49. The first-order chi connectivity index (χ1) is 23.2. The second kappa shape index (κ2) is 17.6. The SMILES string of the molecule is Clc1ccc(S[C@@H]2O[C@H](COCc3ccccc3)[C@H](OCc3ccccc3)[C@H](OCc3ccccc3)[C@H]2OCc2ccccc2)cc1. The maximum Gasteiger partial charge on any atom is 0.137 e. The Balaban J connectivity index is 1.31. The summed E-state index contributed by atoms with van der Waals surface area (Å²) in [6.07, 6.45) is -1.83. The fourth-order valence-corrected chi connectivity index (χ4v) is 6.74. The van der Waals surface area contributed by atoms with E-state index in [2.05, 4.69) is 48.5 Å². The van der Waals surface area contributed by atoms with Crippen LogP contribution in [-0.4, -0.2) is 36.5 Å². The molecule has 1 aliphatic rings. The molecule has 5 aromatic carbocycles. The molecule has 0 saturated carbocycles. The van der Waals surface area contributed by atoms with Crippen molar-refractivity contribution >= 4 is 23.4 Å². The highest BCUT2D eigenvalue weighted by Crippen LogP contribution is 2.38. The van der Waals surface area contributed by atoms with Gasteiger partial charge in [-0.05, 0) is 46.5 Å². The molecule has 242 valence electrons. The molecule has 0 amide bonds. The van der Waals surface area contributed by atoms with Crippen molar-refractivity contribution in [3.05, 3.63) is 173 Å². The third-order valence-corrected chi connectivity index (χ3v) is 9.31. The number of thioether (sulfide) groups is 1. The zero-order chi connectivity index (χ0) is 32.1. The Morgan fingerprint density at radius 2 is 0.915 bits per heavy atom. The van der Waals surface area contributed by atoms with E-state index in [1.165, 1.54) is 0 Å². The van der Waals surface area contributed by atoms with Crippen molar-refractivity contribution in [2.45, 2.75) is 61.2 Å². The molecular weight excluding hydrogens is 628 g/mol. The molecule has 0 spiro atoms. The number of rotatable bonds is 15. The lowest BCUT2D eigenvalue weighted by Gasteiger charge is -2.46. The highest BCUT2D eigenvalue weighted by atomic mass is 35.5. The fraction of sp³-hybridized carbons (Fsp3) is 0.250. The monoisotopic (exact) mass is 666 g/mol. The van der Waals surface area contributed by atoms with Gasteiger partial charge >= 0.3 is 0 Å². The van der Waals surface area contributed by atoms with Gasteiger partial charge in [0, 0.05) is 9.92 Å². The maximum atomic E-state index is 6.92. The van der Waals surface area contributed by atoms with Gasteiger partial charge in [0.2, 0.25) is 0 Å². The Morgan fingerprint density at radius 1 is 0.489 bits per heavy atom. The summed E-state index contributed by atoms with van der Waals surface area (Å²) in [5.74, 6) is 0. The van der Waals surface area contributed by atoms with Crippen LogP contribution in [0.2, 0.25) is 5.02 Å². The molecule has 1 aliphatic heterocycles. The van der Waals surface area contributed by atoms with Gasteiger partial charge in [-0.1, -0.05) is 145 Å². The van der Waals surface area contributed by atoms with E-state index in [9.17, 15) is 0 Å². The minimum absolute atomic E-state index is 0.322. The largest absolute Gasteiger partial charge is 0.374 e. The van der Waals surface area contributed by atoms with Gasteiger partial charge in [0.05, 0.1) is 33.0 Å². The number of hydrogen-bond acceptors (Lipinski definition) is 6. The van der Waals surface area contributed by atoms with Crippen LogP contribution in [0.4, 0.5) is 0 Å². The molecule has 1 fully saturated rings. The first-order valence-corrected chi connectivity index (χ1v) is 17.1. The van der Waals surface area contributed by atoms with Crippen molar-refractivity contribution in [1.82, 2.24) is 0 Å². The zero-order valence-corrected chi connectivity index (χ0v) is 27.7. The summed E-state index contributed by atoms with van der Waals surface area (Å²) in [6, 6.07) is 48.5. The summed E-state index contributed by atoms with van der Waals surface area (Å²) >= 11 is 7.84. The van der Waals surface area contributed by atoms with Crippen LogP contribution in [0.25, 0.3) is 0 Å². The summed E-state index contributed by atoms with van der Waals surface area (Å²) in [5.41, 5.74) is 3.89. The van der Waals surface area contributed by atoms with Gasteiger partial charge in [0.15, 0.2) is 0 Å². The number of hydrogen-bond donors (Lipinski definition) is 0. The van der Waals surface area contributed by atoms with E-state index in [0.29, 0.717) is 38.1 Å². The van der Waals surface area contributed by atoms with Crippen LogP contribution in [-0.2, 0) is 50.1 Å². The zero-order valence-electron chi connectivity index (χ0n) is 26.1. The molecule has 5 nitrogen and oxygen atoms in total. The lowest BCUT2D eigenvalue weighted by Crippen LogP contribution is -2.60. The molecule has 1 saturated heterocycles. The van der Waals surface area contributed by atoms with Crippen LogP contribution in [0.3, 0.4) is 0 Å². The van der Waals surface area contributed by atoms with Crippen molar-refractivity contribution in [2.24, 2.45) is 0 Å². The number of benzene rings is 5. The van der Waals surface area contributed by atoms with E-state index in [1.807, 2.05) is 97.1 Å². The maximum absolute atomic E-state index is 6.92.